The van der Waals surface area contributed by atoms with Crippen molar-refractivity contribution in [3.05, 3.63) is 0 Å². The van der Waals surface area contributed by atoms with Gasteiger partial charge in [0.1, 0.15) is 0 Å². The fourth-order valence-corrected chi connectivity index (χ4v) is 0. The molecule has 0 heterocycles. The van der Waals surface area contributed by atoms with Gasteiger partial charge in [-0.1, -0.05) is 0 Å². The molecule has 0 aromatic rings. The maximum Gasteiger partial charge on any atom is 2.00 e. The molecule has 0 fully saturated rings. The largest absolute Gasteiger partial charge is 2.00 e. The maximum absolute atomic E-state index is 9.56. The molecule has 0 radical (unpaired) electrons. The zero-order valence-electron chi connectivity index (χ0n) is 6.02. The van der Waals surface area contributed by atoms with Crippen LogP contribution in [-0.2, 0) is 10.8 Å². The van der Waals surface area contributed by atoms with E-state index in [0.29, 0.717) is 0 Å². The van der Waals surface area contributed by atoms with Crippen molar-refractivity contribution in [2.45, 2.75) is 0 Å². The molecule has 38 valence electrons. The Bertz CT molecular complexity index is 41.0. The molecule has 0 aromatic heterocycles. The molecule has 0 rings (SSSR count). The Kier molecular flexibility index (Phi) is 24.9. The minimum atomic E-state index is -0.611. The van der Waals surface area contributed by atoms with Gasteiger partial charge in [-0.15, -0.1) is 0 Å². The monoisotopic (exact) mass is 138 g/mol. The van der Waals surface area contributed by atoms with Gasteiger partial charge in [-0.25, -0.2) is 0 Å². The molecular formula is C2H10MgOS2. The van der Waals surface area contributed by atoms with Crippen molar-refractivity contribution >= 4 is 47.3 Å². The summed E-state index contributed by atoms with van der Waals surface area (Å²) >= 11 is 0. The molecular weight excluding hydrogens is 128 g/mol. The first-order chi connectivity index (χ1) is 1.73. The van der Waals surface area contributed by atoms with E-state index in [2.05, 4.69) is 0 Å². The third-order valence-electron chi connectivity index (χ3n) is 0. The summed E-state index contributed by atoms with van der Waals surface area (Å²) in [5.41, 5.74) is 0. The molecule has 0 spiro atoms. The third-order valence-corrected chi connectivity index (χ3v) is 0. The van der Waals surface area contributed by atoms with Gasteiger partial charge in [-0.3, -0.25) is 4.21 Å². The van der Waals surface area contributed by atoms with Crippen molar-refractivity contribution in [3.63, 3.8) is 0 Å². The molecule has 6 heavy (non-hydrogen) atoms. The van der Waals surface area contributed by atoms with Crippen molar-refractivity contribution < 1.29 is 7.06 Å². The van der Waals surface area contributed by atoms with E-state index in [1.807, 2.05) is 0 Å². The second-order valence-electron chi connectivity index (χ2n) is 0.742. The van der Waals surface area contributed by atoms with E-state index in [4.69, 9.17) is 0 Å². The molecule has 0 atom stereocenters. The first kappa shape index (κ1) is 15.7. The summed E-state index contributed by atoms with van der Waals surface area (Å²) in [5.74, 6) is 0. The van der Waals surface area contributed by atoms with Gasteiger partial charge in [0.15, 0.2) is 0 Å². The Balaban J connectivity index is -0.00000000750. The topological polar surface area (TPSA) is 17.1 Å². The summed E-state index contributed by atoms with van der Waals surface area (Å²) in [5, 5.41) is 0. The van der Waals surface area contributed by atoms with Gasteiger partial charge < -0.3 is 2.85 Å². The summed E-state index contributed by atoms with van der Waals surface area (Å²) in [4.78, 5) is 0. The van der Waals surface area contributed by atoms with Gasteiger partial charge in [-0.05, 0) is 0 Å². The number of hydrogen-bond acceptors (Lipinski definition) is 1. The fourth-order valence-electron chi connectivity index (χ4n) is 0. The molecule has 0 unspecified atom stereocenters. The van der Waals surface area contributed by atoms with E-state index in [0.717, 1.165) is 0 Å². The Morgan fingerprint density at radius 2 is 1.50 bits per heavy atom. The van der Waals surface area contributed by atoms with Crippen LogP contribution < -0.4 is 0 Å². The molecule has 0 aliphatic rings. The van der Waals surface area contributed by atoms with E-state index in [-0.39, 0.29) is 39.4 Å². The maximum atomic E-state index is 9.56. The first-order valence-corrected chi connectivity index (χ1v) is 2.95. The van der Waals surface area contributed by atoms with Gasteiger partial charge in [0.25, 0.3) is 0 Å². The zero-order valence-corrected chi connectivity index (χ0v) is 7.25. The van der Waals surface area contributed by atoms with Gasteiger partial charge in [0, 0.05) is 23.3 Å². The summed E-state index contributed by atoms with van der Waals surface area (Å²) in [6, 6.07) is 0. The minimum absolute atomic E-state index is 0. The van der Waals surface area contributed by atoms with Crippen molar-refractivity contribution in [2.24, 2.45) is 0 Å². The first-order valence-electron chi connectivity index (χ1n) is 0.983. The van der Waals surface area contributed by atoms with Crippen molar-refractivity contribution in [2.75, 3.05) is 12.5 Å². The van der Waals surface area contributed by atoms with Crippen LogP contribution in [0.2, 0.25) is 0 Å². The molecule has 0 amide bonds. The van der Waals surface area contributed by atoms with Crippen LogP contribution in [0.15, 0.2) is 0 Å². The van der Waals surface area contributed by atoms with Crippen LogP contribution in [0.3, 0.4) is 0 Å². The van der Waals surface area contributed by atoms with E-state index < -0.39 is 10.8 Å². The minimum Gasteiger partial charge on any atom is -1.00 e. The Morgan fingerprint density at radius 3 is 1.50 bits per heavy atom. The van der Waals surface area contributed by atoms with E-state index in [9.17, 15) is 4.21 Å². The predicted molar refractivity (Wildman–Crippen MR) is 38.3 cm³/mol. The van der Waals surface area contributed by atoms with Crippen LogP contribution in [0.4, 0.5) is 0 Å². The van der Waals surface area contributed by atoms with Crippen molar-refractivity contribution in [1.29, 1.82) is 0 Å². The molecule has 4 heteroatoms. The second kappa shape index (κ2) is 9.55. The standard InChI is InChI=1S/C2H6OS.Mg.H2S.2H/c1-4(2)3;;;;/h1-2H3;;1H2;;/q;+2;;2*-1. The molecule has 0 saturated heterocycles. The van der Waals surface area contributed by atoms with Crippen LogP contribution in [0, 0.1) is 0 Å². The van der Waals surface area contributed by atoms with Crippen LogP contribution in [0.25, 0.3) is 0 Å². The van der Waals surface area contributed by atoms with Gasteiger partial charge in [-0.2, -0.15) is 13.5 Å². The van der Waals surface area contributed by atoms with E-state index in [1.54, 1.807) is 12.5 Å². The van der Waals surface area contributed by atoms with Gasteiger partial charge >= 0.3 is 23.1 Å². The molecule has 0 aromatic carbocycles. The quantitative estimate of drug-likeness (QED) is 0.429. The molecule has 0 aliphatic carbocycles. The average Bonchev–Trinajstić information content (AvgIpc) is 0.811. The van der Waals surface area contributed by atoms with Crippen molar-refractivity contribution in [1.82, 2.24) is 0 Å². The molecule has 0 saturated carbocycles. The number of rotatable bonds is 0. The van der Waals surface area contributed by atoms with Crippen LogP contribution in [0.1, 0.15) is 2.85 Å². The van der Waals surface area contributed by atoms with Crippen molar-refractivity contribution in [3.8, 4) is 0 Å². The van der Waals surface area contributed by atoms with Crippen LogP contribution >= 0.6 is 13.5 Å². The normalized spacial score (nSPS) is 5.83. The number of hydrogen-bond donors (Lipinski definition) is 0. The second-order valence-corrected chi connectivity index (χ2v) is 2.22. The van der Waals surface area contributed by atoms with Crippen LogP contribution in [-0.4, -0.2) is 39.8 Å². The van der Waals surface area contributed by atoms with E-state index >= 15 is 0 Å². The summed E-state index contributed by atoms with van der Waals surface area (Å²) in [6.07, 6.45) is 3.28. The smallest absolute Gasteiger partial charge is 1.00 e. The van der Waals surface area contributed by atoms with E-state index in [1.165, 1.54) is 0 Å². The van der Waals surface area contributed by atoms with Crippen LogP contribution in [0.5, 0.6) is 0 Å². The summed E-state index contributed by atoms with van der Waals surface area (Å²) < 4.78 is 9.56. The average molecular weight is 139 g/mol. The Morgan fingerprint density at radius 1 is 1.50 bits per heavy atom. The third kappa shape index (κ3) is 59.8. The zero-order chi connectivity index (χ0) is 3.58. The Labute approximate surface area is 66.9 Å². The summed E-state index contributed by atoms with van der Waals surface area (Å²) in [6.45, 7) is 0. The predicted octanol–water partition coefficient (Wildman–Crippen LogP) is -0.0483. The molecule has 1 nitrogen and oxygen atoms in total. The van der Waals surface area contributed by atoms with Gasteiger partial charge in [0.2, 0.25) is 0 Å². The molecule has 0 aliphatic heterocycles. The molecule has 0 bridgehead atoms. The van der Waals surface area contributed by atoms with Gasteiger partial charge in [0.05, 0.1) is 0 Å². The fraction of sp³-hybridized carbons (Fsp3) is 1.00. The molecule has 0 N–H and O–H groups in total. The summed E-state index contributed by atoms with van der Waals surface area (Å²) in [7, 11) is -0.611. The Hall–Kier alpha value is 1.27. The SMILES string of the molecule is CS(C)=O.S.[H-].[H-].[Mg+2].